The molecule has 1 amide bonds. The number of nitro groups is 1. The Morgan fingerprint density at radius 2 is 2.05 bits per heavy atom. The lowest BCUT2D eigenvalue weighted by Gasteiger charge is -2.03. The van der Waals surface area contributed by atoms with Crippen LogP contribution in [0.2, 0.25) is 0 Å². The van der Waals surface area contributed by atoms with Crippen LogP contribution in [0.15, 0.2) is 36.5 Å². The lowest BCUT2D eigenvalue weighted by molar-refractivity contribution is -0.384. The second-order valence-electron chi connectivity index (χ2n) is 4.15. The van der Waals surface area contributed by atoms with Crippen LogP contribution in [0.1, 0.15) is 23.0 Å². The quantitative estimate of drug-likeness (QED) is 0.664. The van der Waals surface area contributed by atoms with E-state index in [0.29, 0.717) is 12.1 Å². The molecule has 0 saturated carbocycles. The molecule has 0 radical (unpaired) electrons. The third kappa shape index (κ3) is 3.19. The summed E-state index contributed by atoms with van der Waals surface area (Å²) in [7, 11) is 0. The number of amides is 1. The van der Waals surface area contributed by atoms with E-state index in [1.807, 2.05) is 19.2 Å². The molecule has 0 fully saturated rings. The van der Waals surface area contributed by atoms with Crippen LogP contribution in [0.3, 0.4) is 0 Å². The molecule has 2 rings (SSSR count). The monoisotopic (exact) mass is 274 g/mol. The van der Waals surface area contributed by atoms with Gasteiger partial charge < -0.3 is 5.32 Å². The summed E-state index contributed by atoms with van der Waals surface area (Å²) in [5.74, 6) is -0.286. The van der Waals surface area contributed by atoms with Gasteiger partial charge in [-0.1, -0.05) is 0 Å². The van der Waals surface area contributed by atoms with Crippen LogP contribution in [0.5, 0.6) is 0 Å². The van der Waals surface area contributed by atoms with E-state index >= 15 is 0 Å². The third-order valence-corrected chi connectivity index (χ3v) is 2.79. The minimum atomic E-state index is -0.501. The van der Waals surface area contributed by atoms with E-state index < -0.39 is 4.92 Å². The van der Waals surface area contributed by atoms with Gasteiger partial charge in [-0.3, -0.25) is 19.6 Å². The van der Waals surface area contributed by atoms with Crippen LogP contribution in [0.25, 0.3) is 0 Å². The zero-order valence-corrected chi connectivity index (χ0v) is 10.9. The zero-order chi connectivity index (χ0) is 14.5. The third-order valence-electron chi connectivity index (χ3n) is 2.79. The van der Waals surface area contributed by atoms with Crippen molar-refractivity contribution in [2.75, 3.05) is 0 Å². The largest absolute Gasteiger partial charge is 0.346 e. The van der Waals surface area contributed by atoms with Gasteiger partial charge in [0.25, 0.3) is 11.6 Å². The normalized spacial score (nSPS) is 10.2. The van der Waals surface area contributed by atoms with Gasteiger partial charge in [-0.2, -0.15) is 5.10 Å². The van der Waals surface area contributed by atoms with Crippen molar-refractivity contribution >= 4 is 11.6 Å². The first-order chi connectivity index (χ1) is 9.60. The zero-order valence-electron chi connectivity index (χ0n) is 10.9. The van der Waals surface area contributed by atoms with E-state index in [1.165, 1.54) is 24.3 Å². The maximum absolute atomic E-state index is 11.9. The Morgan fingerprint density at radius 1 is 1.35 bits per heavy atom. The maximum atomic E-state index is 11.9. The summed E-state index contributed by atoms with van der Waals surface area (Å²) in [5, 5.41) is 17.5. The fourth-order valence-corrected chi connectivity index (χ4v) is 1.68. The highest BCUT2D eigenvalue weighted by atomic mass is 16.6. The van der Waals surface area contributed by atoms with Gasteiger partial charge in [0, 0.05) is 30.4 Å². The summed E-state index contributed by atoms with van der Waals surface area (Å²) in [6.07, 6.45) is 1.84. The van der Waals surface area contributed by atoms with Crippen molar-refractivity contribution in [3.8, 4) is 0 Å². The number of nitro benzene ring substituents is 1. The van der Waals surface area contributed by atoms with Crippen molar-refractivity contribution in [2.45, 2.75) is 20.0 Å². The van der Waals surface area contributed by atoms with Crippen molar-refractivity contribution < 1.29 is 9.72 Å². The number of rotatable bonds is 5. The Kier molecular flexibility index (Phi) is 4.09. The van der Waals surface area contributed by atoms with Gasteiger partial charge in [0.15, 0.2) is 0 Å². The first-order valence-electron chi connectivity index (χ1n) is 6.15. The SMILES string of the molecule is CCn1ccc(CNC(=O)c2ccc([N+](=O)[O-])cc2)n1. The summed E-state index contributed by atoms with van der Waals surface area (Å²) < 4.78 is 1.77. The lowest BCUT2D eigenvalue weighted by Crippen LogP contribution is -2.23. The molecule has 0 spiro atoms. The van der Waals surface area contributed by atoms with Crippen LogP contribution in [-0.2, 0) is 13.1 Å². The van der Waals surface area contributed by atoms with Crippen molar-refractivity contribution in [3.05, 3.63) is 57.9 Å². The molecule has 0 saturated heterocycles. The number of aryl methyl sites for hydroxylation is 1. The van der Waals surface area contributed by atoms with Gasteiger partial charge in [-0.25, -0.2) is 0 Å². The lowest BCUT2D eigenvalue weighted by atomic mass is 10.2. The number of carbonyl (C=O) groups excluding carboxylic acids is 1. The number of aromatic nitrogens is 2. The van der Waals surface area contributed by atoms with Crippen LogP contribution in [0, 0.1) is 10.1 Å². The Bertz CT molecular complexity index is 619. The molecule has 0 aliphatic carbocycles. The van der Waals surface area contributed by atoms with Gasteiger partial charge in [-0.15, -0.1) is 0 Å². The summed E-state index contributed by atoms with van der Waals surface area (Å²) in [6, 6.07) is 7.30. The van der Waals surface area contributed by atoms with Gasteiger partial charge in [0.05, 0.1) is 17.2 Å². The van der Waals surface area contributed by atoms with Gasteiger partial charge in [0.1, 0.15) is 0 Å². The molecule has 2 aromatic rings. The summed E-state index contributed by atoms with van der Waals surface area (Å²) in [4.78, 5) is 21.9. The second-order valence-corrected chi connectivity index (χ2v) is 4.15. The highest BCUT2D eigenvalue weighted by Crippen LogP contribution is 2.11. The minimum absolute atomic E-state index is 0.0387. The van der Waals surface area contributed by atoms with Crippen LogP contribution in [0.4, 0.5) is 5.69 Å². The molecule has 1 aromatic carbocycles. The fraction of sp³-hybridized carbons (Fsp3) is 0.231. The smallest absolute Gasteiger partial charge is 0.269 e. The Labute approximate surface area is 115 Å². The van der Waals surface area contributed by atoms with E-state index in [-0.39, 0.29) is 11.6 Å². The number of nitrogens with one attached hydrogen (secondary N) is 1. The molecule has 0 aliphatic rings. The molecule has 0 bridgehead atoms. The maximum Gasteiger partial charge on any atom is 0.269 e. The predicted molar refractivity (Wildman–Crippen MR) is 72.2 cm³/mol. The van der Waals surface area contributed by atoms with E-state index in [4.69, 9.17) is 0 Å². The molecule has 104 valence electrons. The van der Waals surface area contributed by atoms with E-state index in [2.05, 4.69) is 10.4 Å². The van der Waals surface area contributed by atoms with Crippen molar-refractivity contribution in [3.63, 3.8) is 0 Å². The van der Waals surface area contributed by atoms with E-state index in [1.54, 1.807) is 4.68 Å². The second kappa shape index (κ2) is 5.96. The number of benzene rings is 1. The molecule has 7 heteroatoms. The van der Waals surface area contributed by atoms with Crippen molar-refractivity contribution in [1.29, 1.82) is 0 Å². The van der Waals surface area contributed by atoms with Crippen molar-refractivity contribution in [1.82, 2.24) is 15.1 Å². The molecule has 0 unspecified atom stereocenters. The van der Waals surface area contributed by atoms with Crippen molar-refractivity contribution in [2.24, 2.45) is 0 Å². The molecular formula is C13H14N4O3. The number of hydrogen-bond acceptors (Lipinski definition) is 4. The average Bonchev–Trinajstić information content (AvgIpc) is 2.93. The standard InChI is InChI=1S/C13H14N4O3/c1-2-16-8-7-11(15-16)9-14-13(18)10-3-5-12(6-4-10)17(19)20/h3-8H,2,9H2,1H3,(H,14,18). The molecule has 1 heterocycles. The van der Waals surface area contributed by atoms with Gasteiger partial charge in [-0.05, 0) is 25.1 Å². The first kappa shape index (κ1) is 13.7. The number of non-ortho nitro benzene ring substituents is 1. The molecule has 0 aliphatic heterocycles. The molecule has 1 aromatic heterocycles. The number of carbonyl (C=O) groups is 1. The molecular weight excluding hydrogens is 260 g/mol. The fourth-order valence-electron chi connectivity index (χ4n) is 1.68. The minimum Gasteiger partial charge on any atom is -0.346 e. The van der Waals surface area contributed by atoms with E-state index in [9.17, 15) is 14.9 Å². The summed E-state index contributed by atoms with van der Waals surface area (Å²) in [5.41, 5.74) is 1.11. The van der Waals surface area contributed by atoms with Gasteiger partial charge >= 0.3 is 0 Å². The van der Waals surface area contributed by atoms with E-state index in [0.717, 1.165) is 12.2 Å². The Balaban J connectivity index is 1.96. The Hall–Kier alpha value is -2.70. The average molecular weight is 274 g/mol. The highest BCUT2D eigenvalue weighted by Gasteiger charge is 2.09. The summed E-state index contributed by atoms with van der Waals surface area (Å²) in [6.45, 7) is 3.07. The number of nitrogens with zero attached hydrogens (tertiary/aromatic N) is 3. The highest BCUT2D eigenvalue weighted by molar-refractivity contribution is 5.94. The topological polar surface area (TPSA) is 90.1 Å². The van der Waals surface area contributed by atoms with Crippen LogP contribution < -0.4 is 5.32 Å². The van der Waals surface area contributed by atoms with Crippen LogP contribution in [-0.4, -0.2) is 20.6 Å². The van der Waals surface area contributed by atoms with Crippen LogP contribution >= 0.6 is 0 Å². The molecule has 20 heavy (non-hydrogen) atoms. The Morgan fingerprint density at radius 3 is 2.60 bits per heavy atom. The number of hydrogen-bond donors (Lipinski definition) is 1. The molecule has 7 nitrogen and oxygen atoms in total. The molecule has 0 atom stereocenters. The summed E-state index contributed by atoms with van der Waals surface area (Å²) >= 11 is 0. The first-order valence-corrected chi connectivity index (χ1v) is 6.15. The van der Waals surface area contributed by atoms with Gasteiger partial charge in [0.2, 0.25) is 0 Å². The predicted octanol–water partition coefficient (Wildman–Crippen LogP) is 1.74. The molecule has 1 N–H and O–H groups in total.